The third-order valence-electron chi connectivity index (χ3n) is 2.93. The van der Waals surface area contributed by atoms with Crippen molar-refractivity contribution in [1.29, 1.82) is 0 Å². The van der Waals surface area contributed by atoms with E-state index in [1.165, 1.54) is 23.1 Å². The lowest BCUT2D eigenvalue weighted by Crippen LogP contribution is -2.27. The second-order valence-electron chi connectivity index (χ2n) is 4.38. The second-order valence-corrected chi connectivity index (χ2v) is 5.29. The van der Waals surface area contributed by atoms with Crippen molar-refractivity contribution in [3.05, 3.63) is 40.1 Å². The molecule has 1 aliphatic rings. The van der Waals surface area contributed by atoms with Gasteiger partial charge in [-0.15, -0.1) is 0 Å². The highest BCUT2D eigenvalue weighted by Crippen LogP contribution is 2.17. The standard InChI is InChI=1S/C13H13BrFNO3/c14-9-2-3-10(15)8(5-9)1-4-13(19)16-6-11(17)12(18)7-16/h1-5,11-12,17-18H,6-7H2/t11-,12+. The third kappa shape index (κ3) is 3.40. The van der Waals surface area contributed by atoms with Gasteiger partial charge in [-0.2, -0.15) is 0 Å². The van der Waals surface area contributed by atoms with E-state index in [-0.39, 0.29) is 19.0 Å². The summed E-state index contributed by atoms with van der Waals surface area (Å²) >= 11 is 3.22. The minimum Gasteiger partial charge on any atom is -0.388 e. The predicted molar refractivity (Wildman–Crippen MR) is 71.7 cm³/mol. The summed E-state index contributed by atoms with van der Waals surface area (Å²) in [6.45, 7) is 0.177. The SMILES string of the molecule is O=C(C=Cc1cc(Br)ccc1F)N1C[C@@H](O)[C@@H](O)C1. The van der Waals surface area contributed by atoms with Gasteiger partial charge in [-0.3, -0.25) is 4.79 Å². The van der Waals surface area contributed by atoms with E-state index in [4.69, 9.17) is 0 Å². The molecule has 1 amide bonds. The monoisotopic (exact) mass is 329 g/mol. The Morgan fingerprint density at radius 3 is 2.63 bits per heavy atom. The molecule has 2 atom stereocenters. The molecule has 0 spiro atoms. The van der Waals surface area contributed by atoms with E-state index in [0.717, 1.165) is 0 Å². The van der Waals surface area contributed by atoms with Gasteiger partial charge in [-0.05, 0) is 24.3 Å². The maximum Gasteiger partial charge on any atom is 0.246 e. The van der Waals surface area contributed by atoms with E-state index in [1.807, 2.05) is 0 Å². The largest absolute Gasteiger partial charge is 0.388 e. The summed E-state index contributed by atoms with van der Waals surface area (Å²) in [5.74, 6) is -0.788. The van der Waals surface area contributed by atoms with Crippen LogP contribution in [0.4, 0.5) is 4.39 Å². The van der Waals surface area contributed by atoms with Crippen molar-refractivity contribution in [1.82, 2.24) is 4.90 Å². The molecule has 1 heterocycles. The number of carbonyl (C=O) groups excluding carboxylic acids is 1. The van der Waals surface area contributed by atoms with Gasteiger partial charge in [0.15, 0.2) is 0 Å². The number of amides is 1. The van der Waals surface area contributed by atoms with Gasteiger partial charge < -0.3 is 15.1 Å². The normalized spacial score (nSPS) is 23.3. The Morgan fingerprint density at radius 1 is 1.37 bits per heavy atom. The number of β-amino-alcohol motifs (C(OH)–C–C–N with tert-alkyl or cyclic N) is 2. The Morgan fingerprint density at radius 2 is 2.00 bits per heavy atom. The fraction of sp³-hybridized carbons (Fsp3) is 0.308. The van der Waals surface area contributed by atoms with Crippen LogP contribution < -0.4 is 0 Å². The van der Waals surface area contributed by atoms with Gasteiger partial charge in [0.2, 0.25) is 5.91 Å². The van der Waals surface area contributed by atoms with E-state index in [2.05, 4.69) is 15.9 Å². The summed E-state index contributed by atoms with van der Waals surface area (Å²) in [6, 6.07) is 4.44. The fourth-order valence-electron chi connectivity index (χ4n) is 1.86. The highest BCUT2D eigenvalue weighted by molar-refractivity contribution is 9.10. The molecule has 4 nitrogen and oxygen atoms in total. The molecule has 1 saturated heterocycles. The van der Waals surface area contributed by atoms with Crippen LogP contribution >= 0.6 is 15.9 Å². The summed E-state index contributed by atoms with van der Waals surface area (Å²) in [5, 5.41) is 18.7. The average molecular weight is 330 g/mol. The number of aliphatic hydroxyl groups excluding tert-OH is 2. The smallest absolute Gasteiger partial charge is 0.246 e. The van der Waals surface area contributed by atoms with Crippen molar-refractivity contribution >= 4 is 27.9 Å². The van der Waals surface area contributed by atoms with E-state index in [0.29, 0.717) is 10.0 Å². The first-order chi connectivity index (χ1) is 8.97. The highest BCUT2D eigenvalue weighted by Gasteiger charge is 2.31. The lowest BCUT2D eigenvalue weighted by atomic mass is 10.2. The Balaban J connectivity index is 2.06. The minimum absolute atomic E-state index is 0.0886. The summed E-state index contributed by atoms with van der Waals surface area (Å²) in [6.07, 6.45) is 0.773. The maximum atomic E-state index is 13.4. The molecule has 0 bridgehead atoms. The molecule has 0 unspecified atom stereocenters. The van der Waals surface area contributed by atoms with E-state index in [9.17, 15) is 19.4 Å². The number of hydrogen-bond donors (Lipinski definition) is 2. The van der Waals surface area contributed by atoms with Crippen molar-refractivity contribution < 1.29 is 19.4 Å². The molecular formula is C13H13BrFNO3. The molecule has 102 valence electrons. The van der Waals surface area contributed by atoms with Crippen molar-refractivity contribution in [2.24, 2.45) is 0 Å². The summed E-state index contributed by atoms with van der Waals surface area (Å²) < 4.78 is 14.2. The lowest BCUT2D eigenvalue weighted by Gasteiger charge is -2.12. The number of rotatable bonds is 2. The molecule has 0 aromatic heterocycles. The number of carbonyl (C=O) groups is 1. The molecule has 0 saturated carbocycles. The fourth-order valence-corrected chi connectivity index (χ4v) is 2.24. The number of benzene rings is 1. The second kappa shape index (κ2) is 5.81. The zero-order chi connectivity index (χ0) is 14.0. The number of likely N-dealkylation sites (tertiary alicyclic amines) is 1. The van der Waals surface area contributed by atoms with Crippen LogP contribution in [0.3, 0.4) is 0 Å². The first-order valence-corrected chi connectivity index (χ1v) is 6.55. The summed E-state index contributed by atoms with van der Waals surface area (Å²) in [7, 11) is 0. The quantitative estimate of drug-likeness (QED) is 0.800. The van der Waals surface area contributed by atoms with Gasteiger partial charge in [0.1, 0.15) is 5.82 Å². The molecule has 0 radical (unpaired) electrons. The van der Waals surface area contributed by atoms with E-state index in [1.54, 1.807) is 12.1 Å². The van der Waals surface area contributed by atoms with Crippen LogP contribution in [0.5, 0.6) is 0 Å². The molecule has 1 aliphatic heterocycles. The van der Waals surface area contributed by atoms with Gasteiger partial charge in [-0.25, -0.2) is 4.39 Å². The zero-order valence-corrected chi connectivity index (χ0v) is 11.5. The molecule has 2 rings (SSSR count). The first-order valence-electron chi connectivity index (χ1n) is 5.75. The molecule has 6 heteroatoms. The minimum atomic E-state index is -0.917. The molecule has 0 aliphatic carbocycles. The average Bonchev–Trinajstić information content (AvgIpc) is 2.70. The van der Waals surface area contributed by atoms with E-state index >= 15 is 0 Å². The van der Waals surface area contributed by atoms with Gasteiger partial charge in [-0.1, -0.05) is 15.9 Å². The Kier molecular flexibility index (Phi) is 4.34. The number of nitrogens with zero attached hydrogens (tertiary/aromatic N) is 1. The number of hydrogen-bond acceptors (Lipinski definition) is 3. The van der Waals surface area contributed by atoms with Crippen LogP contribution in [0.1, 0.15) is 5.56 Å². The van der Waals surface area contributed by atoms with Crippen LogP contribution in [0.15, 0.2) is 28.7 Å². The van der Waals surface area contributed by atoms with Crippen molar-refractivity contribution in [2.45, 2.75) is 12.2 Å². The van der Waals surface area contributed by atoms with Gasteiger partial charge in [0, 0.05) is 29.2 Å². The van der Waals surface area contributed by atoms with E-state index < -0.39 is 18.0 Å². The molecular weight excluding hydrogens is 317 g/mol. The van der Waals surface area contributed by atoms with Crippen molar-refractivity contribution in [2.75, 3.05) is 13.1 Å². The van der Waals surface area contributed by atoms with Crippen LogP contribution in [0.2, 0.25) is 0 Å². The van der Waals surface area contributed by atoms with Crippen LogP contribution in [0, 0.1) is 5.82 Å². The highest BCUT2D eigenvalue weighted by atomic mass is 79.9. The number of aliphatic hydroxyl groups is 2. The Hall–Kier alpha value is -1.24. The first kappa shape index (κ1) is 14.2. The Labute approximate surface area is 118 Å². The van der Waals surface area contributed by atoms with Crippen molar-refractivity contribution in [3.8, 4) is 0 Å². The third-order valence-corrected chi connectivity index (χ3v) is 3.43. The predicted octanol–water partition coefficient (Wildman–Crippen LogP) is 1.17. The zero-order valence-electron chi connectivity index (χ0n) is 9.96. The van der Waals surface area contributed by atoms with Gasteiger partial charge in [0.05, 0.1) is 12.2 Å². The molecule has 1 aromatic rings. The van der Waals surface area contributed by atoms with Crippen molar-refractivity contribution in [3.63, 3.8) is 0 Å². The lowest BCUT2D eigenvalue weighted by molar-refractivity contribution is -0.125. The topological polar surface area (TPSA) is 60.8 Å². The number of halogens is 2. The van der Waals surface area contributed by atoms with Gasteiger partial charge in [0.25, 0.3) is 0 Å². The molecule has 1 aromatic carbocycles. The summed E-state index contributed by atoms with van der Waals surface area (Å²) in [4.78, 5) is 13.1. The van der Waals surface area contributed by atoms with Crippen LogP contribution in [-0.4, -0.2) is 46.3 Å². The summed E-state index contributed by atoms with van der Waals surface area (Å²) in [5.41, 5.74) is 0.294. The maximum absolute atomic E-state index is 13.4. The molecule has 1 fully saturated rings. The molecule has 19 heavy (non-hydrogen) atoms. The van der Waals surface area contributed by atoms with Crippen LogP contribution in [0.25, 0.3) is 6.08 Å². The van der Waals surface area contributed by atoms with Gasteiger partial charge >= 0.3 is 0 Å². The Bertz CT molecular complexity index is 511. The van der Waals surface area contributed by atoms with Crippen LogP contribution in [-0.2, 0) is 4.79 Å². The molecule has 2 N–H and O–H groups in total.